The molecule has 2 aromatic carbocycles. The summed E-state index contributed by atoms with van der Waals surface area (Å²) in [6, 6.07) is 15.2. The molecule has 1 atom stereocenters. The fourth-order valence-electron chi connectivity index (χ4n) is 3.69. The summed E-state index contributed by atoms with van der Waals surface area (Å²) < 4.78 is 22.6. The van der Waals surface area contributed by atoms with Gasteiger partial charge in [0.2, 0.25) is 0 Å². The van der Waals surface area contributed by atoms with Crippen molar-refractivity contribution in [2.24, 2.45) is 0 Å². The summed E-state index contributed by atoms with van der Waals surface area (Å²) in [5, 5.41) is 0. The van der Waals surface area contributed by atoms with E-state index in [2.05, 4.69) is 77.1 Å². The van der Waals surface area contributed by atoms with Gasteiger partial charge in [-0.25, -0.2) is 0 Å². The molecule has 2 saturated heterocycles. The molecule has 2 aromatic rings. The first-order chi connectivity index (χ1) is 14.3. The Morgan fingerprint density at radius 2 is 1.60 bits per heavy atom. The Morgan fingerprint density at radius 3 is 2.17 bits per heavy atom. The Bertz CT molecular complexity index is 861. The molecule has 0 aliphatic carbocycles. The van der Waals surface area contributed by atoms with Gasteiger partial charge in [-0.3, -0.25) is 0 Å². The van der Waals surface area contributed by atoms with E-state index >= 15 is 0 Å². The molecular weight excluding hydrogens is 376 g/mol. The summed E-state index contributed by atoms with van der Waals surface area (Å²) in [6.45, 7) is 14.2. The Kier molecular flexibility index (Phi) is 5.82. The van der Waals surface area contributed by atoms with Crippen molar-refractivity contribution < 1.29 is 18.9 Å². The molecule has 4 nitrogen and oxygen atoms in total. The van der Waals surface area contributed by atoms with Gasteiger partial charge in [-0.2, -0.15) is 0 Å². The van der Waals surface area contributed by atoms with Crippen LogP contribution >= 0.6 is 0 Å². The maximum atomic E-state index is 6.26. The topological polar surface area (TPSA) is 40.2 Å². The van der Waals surface area contributed by atoms with E-state index in [1.807, 2.05) is 0 Å². The van der Waals surface area contributed by atoms with E-state index in [9.17, 15) is 0 Å². The van der Waals surface area contributed by atoms with Crippen molar-refractivity contribution in [1.29, 1.82) is 0 Å². The van der Waals surface area contributed by atoms with E-state index in [0.29, 0.717) is 19.8 Å². The van der Waals surface area contributed by atoms with E-state index in [1.54, 1.807) is 0 Å². The highest BCUT2D eigenvalue weighted by atomic mass is 16.6. The second kappa shape index (κ2) is 8.24. The maximum absolute atomic E-state index is 6.26. The minimum Gasteiger partial charge on any atom is -0.491 e. The predicted molar refractivity (Wildman–Crippen MR) is 119 cm³/mol. The molecule has 2 aliphatic heterocycles. The number of hydrogen-bond acceptors (Lipinski definition) is 4. The zero-order chi connectivity index (χ0) is 21.4. The third-order valence-electron chi connectivity index (χ3n) is 6.63. The van der Waals surface area contributed by atoms with Crippen molar-refractivity contribution in [3.63, 3.8) is 0 Å². The van der Waals surface area contributed by atoms with Crippen LogP contribution in [0.3, 0.4) is 0 Å². The van der Waals surface area contributed by atoms with E-state index < -0.39 is 0 Å². The minimum absolute atomic E-state index is 0.0363. The third-order valence-corrected chi connectivity index (χ3v) is 6.63. The smallest absolute Gasteiger partial charge is 0.145 e. The number of hydrogen-bond donors (Lipinski definition) is 0. The molecule has 0 bridgehead atoms. The average Bonchev–Trinajstić information content (AvgIpc) is 3.54. The van der Waals surface area contributed by atoms with Crippen molar-refractivity contribution in [3.05, 3.63) is 59.2 Å². The minimum atomic E-state index is -0.130. The zero-order valence-electron chi connectivity index (χ0n) is 18.9. The summed E-state index contributed by atoms with van der Waals surface area (Å²) in [7, 11) is 0. The van der Waals surface area contributed by atoms with Crippen LogP contribution in [0.25, 0.3) is 0 Å². The highest BCUT2D eigenvalue weighted by molar-refractivity contribution is 5.48. The van der Waals surface area contributed by atoms with Gasteiger partial charge in [0.1, 0.15) is 30.3 Å². The highest BCUT2D eigenvalue weighted by Gasteiger charge is 2.30. The van der Waals surface area contributed by atoms with Crippen LogP contribution in [0.15, 0.2) is 42.5 Å². The van der Waals surface area contributed by atoms with Gasteiger partial charge in [0, 0.05) is 11.0 Å². The highest BCUT2D eigenvalue weighted by Crippen LogP contribution is 2.40. The van der Waals surface area contributed by atoms with Crippen LogP contribution in [0.2, 0.25) is 0 Å². The van der Waals surface area contributed by atoms with Gasteiger partial charge in [0.15, 0.2) is 0 Å². The van der Waals surface area contributed by atoms with Gasteiger partial charge in [0.05, 0.1) is 19.8 Å². The molecule has 2 fully saturated rings. The number of rotatable bonds is 9. The molecule has 0 N–H and O–H groups in total. The Hall–Kier alpha value is -2.04. The molecule has 2 heterocycles. The van der Waals surface area contributed by atoms with Crippen molar-refractivity contribution >= 4 is 0 Å². The fraction of sp³-hybridized carbons (Fsp3) is 0.538. The summed E-state index contributed by atoms with van der Waals surface area (Å²) >= 11 is 0. The second-order valence-corrected chi connectivity index (χ2v) is 9.64. The molecule has 0 spiro atoms. The maximum Gasteiger partial charge on any atom is 0.145 e. The number of benzene rings is 2. The van der Waals surface area contributed by atoms with Crippen LogP contribution in [0.5, 0.6) is 11.5 Å². The summed E-state index contributed by atoms with van der Waals surface area (Å²) in [6.07, 6.45) is 1.49. The van der Waals surface area contributed by atoms with Crippen LogP contribution in [0.1, 0.15) is 57.7 Å². The third kappa shape index (κ3) is 4.50. The predicted octanol–water partition coefficient (Wildman–Crippen LogP) is 5.26. The molecular formula is C26H34O4. The Morgan fingerprint density at radius 1 is 0.933 bits per heavy atom. The van der Waals surface area contributed by atoms with Gasteiger partial charge in [-0.1, -0.05) is 58.9 Å². The van der Waals surface area contributed by atoms with E-state index in [1.165, 1.54) is 16.7 Å². The van der Waals surface area contributed by atoms with Crippen molar-refractivity contribution in [1.82, 2.24) is 0 Å². The molecule has 0 radical (unpaired) electrons. The molecule has 4 rings (SSSR count). The Labute approximate surface area is 180 Å². The van der Waals surface area contributed by atoms with Gasteiger partial charge in [-0.15, -0.1) is 0 Å². The standard InChI is InChI=1S/C26H34O4/c1-6-25(2,3)23-13-19(9-12-24(23)30-22-14-27-15-22)26(4,5)18-7-10-20(11-8-18)28-16-21-17-29-21/h7-13,21-22H,6,14-17H2,1-5H3. The monoisotopic (exact) mass is 410 g/mol. The molecule has 2 aliphatic rings. The number of epoxide rings is 1. The van der Waals surface area contributed by atoms with Crippen molar-refractivity contribution in [2.45, 2.75) is 64.1 Å². The number of ether oxygens (including phenoxy) is 4. The average molecular weight is 411 g/mol. The van der Waals surface area contributed by atoms with Gasteiger partial charge < -0.3 is 18.9 Å². The lowest BCUT2D eigenvalue weighted by atomic mass is 9.74. The molecule has 0 aromatic heterocycles. The zero-order valence-corrected chi connectivity index (χ0v) is 18.9. The fourth-order valence-corrected chi connectivity index (χ4v) is 3.69. The second-order valence-electron chi connectivity index (χ2n) is 9.64. The first-order valence-corrected chi connectivity index (χ1v) is 11.0. The van der Waals surface area contributed by atoms with Gasteiger partial charge in [-0.05, 0) is 41.2 Å². The molecule has 4 heteroatoms. The lowest BCUT2D eigenvalue weighted by Crippen LogP contribution is -2.39. The first kappa shape index (κ1) is 21.2. The molecule has 0 saturated carbocycles. The quantitative estimate of drug-likeness (QED) is 0.529. The van der Waals surface area contributed by atoms with Crippen molar-refractivity contribution in [2.75, 3.05) is 26.4 Å². The normalized spacial score (nSPS) is 19.3. The van der Waals surface area contributed by atoms with E-state index in [4.69, 9.17) is 18.9 Å². The van der Waals surface area contributed by atoms with Crippen LogP contribution in [-0.2, 0) is 20.3 Å². The van der Waals surface area contributed by atoms with Crippen LogP contribution in [-0.4, -0.2) is 38.6 Å². The van der Waals surface area contributed by atoms with Gasteiger partial charge >= 0.3 is 0 Å². The van der Waals surface area contributed by atoms with E-state index in [0.717, 1.165) is 24.5 Å². The summed E-state index contributed by atoms with van der Waals surface area (Å²) in [4.78, 5) is 0. The first-order valence-electron chi connectivity index (χ1n) is 11.0. The molecule has 0 amide bonds. The molecule has 30 heavy (non-hydrogen) atoms. The van der Waals surface area contributed by atoms with Crippen LogP contribution < -0.4 is 9.47 Å². The molecule has 1 unspecified atom stereocenters. The summed E-state index contributed by atoms with van der Waals surface area (Å²) in [5.41, 5.74) is 3.73. The lowest BCUT2D eigenvalue weighted by Gasteiger charge is -2.34. The Balaban J connectivity index is 1.59. The molecule has 162 valence electrons. The SMILES string of the molecule is CCC(C)(C)c1cc(C(C)(C)c2ccc(OCC3CO3)cc2)ccc1OC1COC1. The van der Waals surface area contributed by atoms with Crippen molar-refractivity contribution in [3.8, 4) is 11.5 Å². The van der Waals surface area contributed by atoms with Crippen LogP contribution in [0, 0.1) is 0 Å². The summed E-state index contributed by atoms with van der Waals surface area (Å²) in [5.74, 6) is 1.88. The largest absolute Gasteiger partial charge is 0.491 e. The van der Waals surface area contributed by atoms with Crippen LogP contribution in [0.4, 0.5) is 0 Å². The lowest BCUT2D eigenvalue weighted by molar-refractivity contribution is -0.0802. The van der Waals surface area contributed by atoms with E-state index in [-0.39, 0.29) is 23.0 Å². The van der Waals surface area contributed by atoms with Gasteiger partial charge in [0.25, 0.3) is 0 Å².